The zero-order chi connectivity index (χ0) is 25.6. The molecule has 1 aliphatic rings. The van der Waals surface area contributed by atoms with Gasteiger partial charge in [-0.1, -0.05) is 20.8 Å². The number of nitrogen functional groups attached to an aromatic ring is 1. The third-order valence-electron chi connectivity index (χ3n) is 6.39. The molecule has 12 heteroatoms. The number of amides is 2. The molecular weight excluding hydrogens is 462 g/mol. The molecule has 1 fully saturated rings. The summed E-state index contributed by atoms with van der Waals surface area (Å²) in [5, 5.41) is 16.7. The first-order valence-electron chi connectivity index (χ1n) is 11.5. The Kier molecular flexibility index (Phi) is 5.55. The Morgan fingerprint density at radius 3 is 2.83 bits per heavy atom. The Morgan fingerprint density at radius 2 is 2.11 bits per heavy atom. The number of carbonyl (C=O) groups is 1. The lowest BCUT2D eigenvalue weighted by molar-refractivity contribution is 0.0669. The molecule has 1 radical (unpaired) electrons. The Hall–Kier alpha value is -4.53. The van der Waals surface area contributed by atoms with Crippen LogP contribution >= 0.6 is 0 Å². The van der Waals surface area contributed by atoms with Crippen LogP contribution in [-0.4, -0.2) is 54.5 Å². The molecule has 2 unspecified atom stereocenters. The lowest BCUT2D eigenvalue weighted by Gasteiger charge is -2.45. The van der Waals surface area contributed by atoms with Gasteiger partial charge >= 0.3 is 12.4 Å². The number of aromatic nitrogens is 5. The predicted octanol–water partition coefficient (Wildman–Crippen LogP) is 2.79. The van der Waals surface area contributed by atoms with Gasteiger partial charge in [-0.3, -0.25) is 14.9 Å². The fraction of sp³-hybridized carbons (Fsp3) is 0.375. The maximum absolute atomic E-state index is 13.4. The van der Waals surface area contributed by atoms with Crippen molar-refractivity contribution in [2.24, 2.45) is 5.41 Å². The molecule has 1 aliphatic heterocycles. The number of likely N-dealkylation sites (tertiary alicyclic amines) is 1. The molecule has 3 aromatic heterocycles. The van der Waals surface area contributed by atoms with Crippen LogP contribution < -0.4 is 11.1 Å². The summed E-state index contributed by atoms with van der Waals surface area (Å²) in [6, 6.07) is 6.28. The van der Waals surface area contributed by atoms with E-state index >= 15 is 0 Å². The van der Waals surface area contributed by atoms with Crippen molar-refractivity contribution in [3.8, 4) is 6.07 Å². The Labute approximate surface area is 206 Å². The maximum atomic E-state index is 13.4. The number of fused-ring (bicyclic) bond motifs is 2. The topological polar surface area (TPSA) is 169 Å². The van der Waals surface area contributed by atoms with E-state index in [1.807, 2.05) is 26.8 Å². The second kappa shape index (κ2) is 8.60. The van der Waals surface area contributed by atoms with Gasteiger partial charge in [-0.25, -0.2) is 14.6 Å². The van der Waals surface area contributed by atoms with Crippen LogP contribution in [0.5, 0.6) is 0 Å². The molecule has 12 nitrogen and oxygen atoms in total. The van der Waals surface area contributed by atoms with Crippen molar-refractivity contribution in [3.05, 3.63) is 35.8 Å². The van der Waals surface area contributed by atoms with Crippen molar-refractivity contribution in [2.45, 2.75) is 45.7 Å². The molecule has 0 spiro atoms. The number of benzene rings is 1. The van der Waals surface area contributed by atoms with Gasteiger partial charge in [0.2, 0.25) is 0 Å². The highest BCUT2D eigenvalue weighted by molar-refractivity contribution is 6.12. The van der Waals surface area contributed by atoms with E-state index in [4.69, 9.17) is 15.4 Å². The minimum atomic E-state index is -0.603. The first-order chi connectivity index (χ1) is 17.2. The summed E-state index contributed by atoms with van der Waals surface area (Å²) in [6.07, 6.45) is 4.87. The number of nitriles is 1. The maximum Gasteiger partial charge on any atom is 0.312 e. The minimum Gasteiger partial charge on any atom is -0.423 e. The molecule has 2 atom stereocenters. The number of anilines is 2. The van der Waals surface area contributed by atoms with Crippen LogP contribution in [-0.2, 0) is 4.79 Å². The fourth-order valence-corrected chi connectivity index (χ4v) is 4.97. The van der Waals surface area contributed by atoms with Crippen molar-refractivity contribution in [2.75, 3.05) is 17.6 Å². The summed E-state index contributed by atoms with van der Waals surface area (Å²) in [5.41, 5.74) is 7.57. The Balaban J connectivity index is 1.57. The molecule has 0 saturated carbocycles. The van der Waals surface area contributed by atoms with Crippen molar-refractivity contribution < 1.29 is 14.0 Å². The summed E-state index contributed by atoms with van der Waals surface area (Å²) in [5.74, 6) is -0.496. The Morgan fingerprint density at radius 1 is 1.31 bits per heavy atom. The number of nitrogens with zero attached hydrogens (tertiary/aromatic N) is 7. The van der Waals surface area contributed by atoms with E-state index in [0.717, 1.165) is 12.8 Å². The van der Waals surface area contributed by atoms with Gasteiger partial charge < -0.3 is 15.1 Å². The van der Waals surface area contributed by atoms with Crippen molar-refractivity contribution >= 4 is 46.3 Å². The molecule has 5 rings (SSSR count). The number of nitrogens with one attached hydrogen (secondary N) is 1. The average Bonchev–Trinajstić information content (AvgIpc) is 3.44. The molecule has 4 aromatic rings. The van der Waals surface area contributed by atoms with Gasteiger partial charge in [-0.15, -0.1) is 0 Å². The van der Waals surface area contributed by atoms with Gasteiger partial charge in [0.05, 0.1) is 29.1 Å². The average molecular weight is 487 g/mol. The Bertz CT molecular complexity index is 1530. The van der Waals surface area contributed by atoms with Gasteiger partial charge in [0.25, 0.3) is 5.91 Å². The molecule has 3 N–H and O–H groups in total. The molecule has 0 bridgehead atoms. The normalized spacial score (nSPS) is 18.3. The van der Waals surface area contributed by atoms with E-state index < -0.39 is 5.91 Å². The highest BCUT2D eigenvalue weighted by Crippen LogP contribution is 2.40. The summed E-state index contributed by atoms with van der Waals surface area (Å²) in [7, 11) is 0. The monoisotopic (exact) mass is 486 g/mol. The smallest absolute Gasteiger partial charge is 0.312 e. The van der Waals surface area contributed by atoms with Crippen LogP contribution in [0.3, 0.4) is 0 Å². The predicted molar refractivity (Wildman–Crippen MR) is 130 cm³/mol. The molecule has 0 aliphatic carbocycles. The van der Waals surface area contributed by atoms with Gasteiger partial charge in [0, 0.05) is 6.54 Å². The first kappa shape index (κ1) is 23.2. The number of piperidine rings is 1. The van der Waals surface area contributed by atoms with E-state index in [-0.39, 0.29) is 35.0 Å². The lowest BCUT2D eigenvalue weighted by Crippen LogP contribution is -2.52. The third-order valence-corrected chi connectivity index (χ3v) is 6.39. The summed E-state index contributed by atoms with van der Waals surface area (Å²) >= 11 is 0. The fourth-order valence-electron chi connectivity index (χ4n) is 4.97. The van der Waals surface area contributed by atoms with Crippen LogP contribution in [0.1, 0.15) is 55.7 Å². The van der Waals surface area contributed by atoms with Gasteiger partial charge in [-0.05, 0) is 36.5 Å². The second-order valence-electron chi connectivity index (χ2n) is 9.82. The number of oxazole rings is 1. The molecule has 2 amide bonds. The quantitative estimate of drug-likeness (QED) is 0.440. The summed E-state index contributed by atoms with van der Waals surface area (Å²) < 4.78 is 7.29. The SMILES string of the molecule is CC(C)(C)C1C(n2nc(C(=O)Nc3nc4cc(C#N)ccc4o3)c3c(N)ncnc32)CCCN1[C]=O. The van der Waals surface area contributed by atoms with Crippen LogP contribution in [0.25, 0.3) is 22.1 Å². The summed E-state index contributed by atoms with van der Waals surface area (Å²) in [6.45, 7) is 6.74. The van der Waals surface area contributed by atoms with Crippen molar-refractivity contribution in [1.29, 1.82) is 5.26 Å². The third kappa shape index (κ3) is 3.88. The van der Waals surface area contributed by atoms with Gasteiger partial charge in [0.1, 0.15) is 17.7 Å². The highest BCUT2D eigenvalue weighted by atomic mass is 16.4. The van der Waals surface area contributed by atoms with Gasteiger partial charge in [0.15, 0.2) is 16.9 Å². The molecule has 1 saturated heterocycles. The second-order valence-corrected chi connectivity index (χ2v) is 9.82. The molecule has 1 aromatic carbocycles. The minimum absolute atomic E-state index is 0.0166. The van der Waals surface area contributed by atoms with Crippen molar-refractivity contribution in [1.82, 2.24) is 29.6 Å². The number of rotatable bonds is 4. The number of nitrogens with two attached hydrogens (primary N) is 1. The number of carbonyl (C=O) groups excluding carboxylic acids is 2. The van der Waals surface area contributed by atoms with Crippen LogP contribution in [0, 0.1) is 16.7 Å². The molecule has 183 valence electrons. The number of hydrogen-bond donors (Lipinski definition) is 2. The van der Waals surface area contributed by atoms with Gasteiger partial charge in [-0.2, -0.15) is 15.3 Å². The van der Waals surface area contributed by atoms with E-state index in [2.05, 4.69) is 31.8 Å². The van der Waals surface area contributed by atoms with Crippen LogP contribution in [0.2, 0.25) is 0 Å². The molecular formula is C24H24N9O3. The van der Waals surface area contributed by atoms with E-state index in [9.17, 15) is 9.59 Å². The van der Waals surface area contributed by atoms with E-state index in [0.29, 0.717) is 34.2 Å². The van der Waals surface area contributed by atoms with Crippen LogP contribution in [0.15, 0.2) is 28.9 Å². The highest BCUT2D eigenvalue weighted by Gasteiger charge is 2.42. The first-order valence-corrected chi connectivity index (χ1v) is 11.5. The lowest BCUT2D eigenvalue weighted by atomic mass is 9.78. The zero-order valence-electron chi connectivity index (χ0n) is 20.0. The standard InChI is InChI=1S/C24H24N9O3/c1-24(2,3)19-15(5-4-8-32(19)12-34)33-21-17(20(26)27-11-28-21)18(31-33)22(35)30-23-29-14-9-13(10-25)6-7-16(14)36-23/h6-7,9,11,15,19H,4-5,8H2,1-3H3,(H2,26,27,28)(H,29,30,35). The molecule has 36 heavy (non-hydrogen) atoms. The van der Waals surface area contributed by atoms with Crippen molar-refractivity contribution in [3.63, 3.8) is 0 Å². The number of hydrogen-bond acceptors (Lipinski definition) is 9. The molecule has 4 heterocycles. The largest absolute Gasteiger partial charge is 0.423 e. The van der Waals surface area contributed by atoms with Crippen LogP contribution in [0.4, 0.5) is 11.8 Å². The van der Waals surface area contributed by atoms with E-state index in [1.54, 1.807) is 27.8 Å². The summed E-state index contributed by atoms with van der Waals surface area (Å²) in [4.78, 5) is 39.5. The van der Waals surface area contributed by atoms with E-state index in [1.165, 1.54) is 6.33 Å². The zero-order valence-corrected chi connectivity index (χ0v) is 20.0.